The summed E-state index contributed by atoms with van der Waals surface area (Å²) < 4.78 is 11.0. The number of carbonyl (C=O) groups is 2. The van der Waals surface area contributed by atoms with Gasteiger partial charge in [0.15, 0.2) is 0 Å². The summed E-state index contributed by atoms with van der Waals surface area (Å²) in [6, 6.07) is 0. The molecule has 1 unspecified atom stereocenters. The largest absolute Gasteiger partial charge is 0.465 e. The van der Waals surface area contributed by atoms with E-state index < -0.39 is 0 Å². The molecule has 0 saturated heterocycles. The van der Waals surface area contributed by atoms with Crippen molar-refractivity contribution >= 4 is 11.9 Å². The molecular weight excluding hydrogens is 292 g/mol. The van der Waals surface area contributed by atoms with Gasteiger partial charge in [-0.1, -0.05) is 39.0 Å². The third-order valence-electron chi connectivity index (χ3n) is 5.28. The van der Waals surface area contributed by atoms with Crippen LogP contribution in [-0.4, -0.2) is 24.6 Å². The fraction of sp³-hybridized carbons (Fsp3) is 0.895. The Balaban J connectivity index is 1.59. The van der Waals surface area contributed by atoms with Crippen molar-refractivity contribution in [2.75, 3.05) is 6.61 Å². The fourth-order valence-electron chi connectivity index (χ4n) is 3.71. The molecular formula is C19H32O4. The van der Waals surface area contributed by atoms with Gasteiger partial charge < -0.3 is 9.47 Å². The van der Waals surface area contributed by atoms with Crippen LogP contribution >= 0.6 is 0 Å². The number of carbonyl (C=O) groups excluding carboxylic acids is 2. The molecule has 0 spiro atoms. The molecule has 2 fully saturated rings. The summed E-state index contributed by atoms with van der Waals surface area (Å²) in [7, 11) is 0. The van der Waals surface area contributed by atoms with Crippen molar-refractivity contribution in [2.45, 2.75) is 90.1 Å². The summed E-state index contributed by atoms with van der Waals surface area (Å²) in [5.74, 6) is 0.188. The van der Waals surface area contributed by atoms with Crippen molar-refractivity contribution in [1.82, 2.24) is 0 Å². The van der Waals surface area contributed by atoms with Crippen LogP contribution in [0.3, 0.4) is 0 Å². The minimum Gasteiger partial charge on any atom is -0.465 e. The highest BCUT2D eigenvalue weighted by molar-refractivity contribution is 5.73. The maximum Gasteiger partial charge on any atom is 0.309 e. The highest BCUT2D eigenvalue weighted by Crippen LogP contribution is 2.27. The smallest absolute Gasteiger partial charge is 0.309 e. The summed E-state index contributed by atoms with van der Waals surface area (Å²) in [6.45, 7) is 2.49. The van der Waals surface area contributed by atoms with Crippen LogP contribution < -0.4 is 0 Å². The Morgan fingerprint density at radius 3 is 2.09 bits per heavy atom. The van der Waals surface area contributed by atoms with Gasteiger partial charge in [-0.15, -0.1) is 0 Å². The second-order valence-corrected chi connectivity index (χ2v) is 7.09. The average molecular weight is 324 g/mol. The van der Waals surface area contributed by atoms with Gasteiger partial charge >= 0.3 is 11.9 Å². The Morgan fingerprint density at radius 1 is 0.913 bits per heavy atom. The van der Waals surface area contributed by atoms with Crippen molar-refractivity contribution in [3.05, 3.63) is 0 Å². The van der Waals surface area contributed by atoms with Crippen LogP contribution in [0.5, 0.6) is 0 Å². The predicted molar refractivity (Wildman–Crippen MR) is 88.9 cm³/mol. The van der Waals surface area contributed by atoms with E-state index in [4.69, 9.17) is 9.47 Å². The van der Waals surface area contributed by atoms with Gasteiger partial charge in [0.05, 0.1) is 18.4 Å². The van der Waals surface area contributed by atoms with Crippen LogP contribution in [-0.2, 0) is 19.1 Å². The van der Waals surface area contributed by atoms with Crippen LogP contribution in [0.4, 0.5) is 0 Å². The van der Waals surface area contributed by atoms with Crippen LogP contribution in [0.1, 0.15) is 84.0 Å². The standard InChI is InChI=1S/C19H32O4/c1-2-17(23-19(21)16-11-6-7-12-16)13-8-14-22-18(20)15-9-4-3-5-10-15/h15-17H,2-14H2,1H3. The topological polar surface area (TPSA) is 52.6 Å². The summed E-state index contributed by atoms with van der Waals surface area (Å²) in [6.07, 6.45) is 12.1. The van der Waals surface area contributed by atoms with Gasteiger partial charge in [0, 0.05) is 0 Å². The number of ether oxygens (including phenoxy) is 2. The second kappa shape index (κ2) is 9.94. The number of hydrogen-bond acceptors (Lipinski definition) is 4. The molecule has 4 heteroatoms. The quantitative estimate of drug-likeness (QED) is 0.490. The van der Waals surface area contributed by atoms with E-state index in [1.54, 1.807) is 0 Å². The number of rotatable bonds is 8. The Morgan fingerprint density at radius 2 is 1.48 bits per heavy atom. The first kappa shape index (κ1) is 18.3. The van der Waals surface area contributed by atoms with E-state index >= 15 is 0 Å². The van der Waals surface area contributed by atoms with Gasteiger partial charge in [-0.05, 0) is 44.9 Å². The Bertz CT molecular complexity index is 368. The highest BCUT2D eigenvalue weighted by atomic mass is 16.5. The Labute approximate surface area is 140 Å². The van der Waals surface area contributed by atoms with E-state index in [0.29, 0.717) is 6.61 Å². The molecule has 2 aliphatic rings. The van der Waals surface area contributed by atoms with E-state index in [2.05, 4.69) is 0 Å². The van der Waals surface area contributed by atoms with E-state index in [1.165, 1.54) is 6.42 Å². The lowest BCUT2D eigenvalue weighted by atomic mass is 9.89. The molecule has 23 heavy (non-hydrogen) atoms. The molecule has 0 aromatic rings. The van der Waals surface area contributed by atoms with Crippen LogP contribution in [0, 0.1) is 11.8 Å². The molecule has 0 N–H and O–H groups in total. The molecule has 0 radical (unpaired) electrons. The highest BCUT2D eigenvalue weighted by Gasteiger charge is 2.26. The first-order chi connectivity index (χ1) is 11.2. The molecule has 4 nitrogen and oxygen atoms in total. The Kier molecular flexibility index (Phi) is 7.90. The number of esters is 2. The van der Waals surface area contributed by atoms with Crippen LogP contribution in [0.15, 0.2) is 0 Å². The van der Waals surface area contributed by atoms with Gasteiger partial charge in [-0.3, -0.25) is 9.59 Å². The van der Waals surface area contributed by atoms with E-state index in [-0.39, 0.29) is 29.9 Å². The van der Waals surface area contributed by atoms with Crippen molar-refractivity contribution in [2.24, 2.45) is 11.8 Å². The maximum atomic E-state index is 12.1. The molecule has 2 rings (SSSR count). The minimum atomic E-state index is -0.0310. The van der Waals surface area contributed by atoms with E-state index in [1.807, 2.05) is 6.92 Å². The zero-order chi connectivity index (χ0) is 16.5. The lowest BCUT2D eigenvalue weighted by Gasteiger charge is -2.21. The molecule has 1 atom stereocenters. The maximum absolute atomic E-state index is 12.1. The number of hydrogen-bond donors (Lipinski definition) is 0. The summed E-state index contributed by atoms with van der Waals surface area (Å²) in [5, 5.41) is 0. The molecule has 2 saturated carbocycles. The van der Waals surface area contributed by atoms with Crippen LogP contribution in [0.25, 0.3) is 0 Å². The predicted octanol–water partition coefficient (Wildman–Crippen LogP) is 4.40. The fourth-order valence-corrected chi connectivity index (χ4v) is 3.71. The normalized spacial score (nSPS) is 21.1. The molecule has 0 aliphatic heterocycles. The van der Waals surface area contributed by atoms with Gasteiger partial charge in [0.2, 0.25) is 0 Å². The molecule has 0 heterocycles. The molecule has 132 valence electrons. The summed E-state index contributed by atoms with van der Waals surface area (Å²) >= 11 is 0. The lowest BCUT2D eigenvalue weighted by molar-refractivity contribution is -0.156. The first-order valence-electron chi connectivity index (χ1n) is 9.57. The van der Waals surface area contributed by atoms with Gasteiger partial charge in [0.25, 0.3) is 0 Å². The van der Waals surface area contributed by atoms with Gasteiger partial charge in [0.1, 0.15) is 6.10 Å². The lowest BCUT2D eigenvalue weighted by Crippen LogP contribution is -2.24. The van der Waals surface area contributed by atoms with Crippen molar-refractivity contribution in [3.63, 3.8) is 0 Å². The van der Waals surface area contributed by atoms with Crippen molar-refractivity contribution in [3.8, 4) is 0 Å². The third kappa shape index (κ3) is 6.15. The molecule has 0 bridgehead atoms. The minimum absolute atomic E-state index is 0.0199. The summed E-state index contributed by atoms with van der Waals surface area (Å²) in [5.41, 5.74) is 0. The monoisotopic (exact) mass is 324 g/mol. The van der Waals surface area contributed by atoms with E-state index in [0.717, 1.165) is 70.6 Å². The van der Waals surface area contributed by atoms with Crippen molar-refractivity contribution in [1.29, 1.82) is 0 Å². The summed E-state index contributed by atoms with van der Waals surface area (Å²) in [4.78, 5) is 24.0. The van der Waals surface area contributed by atoms with Gasteiger partial charge in [-0.25, -0.2) is 0 Å². The van der Waals surface area contributed by atoms with Gasteiger partial charge in [-0.2, -0.15) is 0 Å². The molecule has 0 aromatic carbocycles. The SMILES string of the molecule is CCC(CCCOC(=O)C1CCCCC1)OC(=O)C1CCCC1. The average Bonchev–Trinajstić information content (AvgIpc) is 3.12. The molecule has 2 aliphatic carbocycles. The Hall–Kier alpha value is -1.06. The van der Waals surface area contributed by atoms with Crippen molar-refractivity contribution < 1.29 is 19.1 Å². The second-order valence-electron chi connectivity index (χ2n) is 7.09. The zero-order valence-electron chi connectivity index (χ0n) is 14.6. The third-order valence-corrected chi connectivity index (χ3v) is 5.28. The van der Waals surface area contributed by atoms with E-state index in [9.17, 15) is 9.59 Å². The molecule has 0 amide bonds. The first-order valence-corrected chi connectivity index (χ1v) is 9.57. The molecule has 0 aromatic heterocycles. The van der Waals surface area contributed by atoms with Crippen LogP contribution in [0.2, 0.25) is 0 Å². The zero-order valence-corrected chi connectivity index (χ0v) is 14.6.